The average molecular weight is 393 g/mol. The SMILES string of the molecule is C1=C(CC2=CCCCN2)NCCC1.Cc1ccc(S(=O)(=O)CC(=O)O)cc1. The normalized spacial score (nSPS) is 16.6. The number of carbonyl (C=O) groups is 1. The lowest BCUT2D eigenvalue weighted by atomic mass is 10.1. The van der Waals surface area contributed by atoms with Gasteiger partial charge in [0.15, 0.2) is 15.6 Å². The molecule has 1 aromatic rings. The van der Waals surface area contributed by atoms with Crippen LogP contribution in [0.15, 0.2) is 52.7 Å². The number of sulfone groups is 1. The monoisotopic (exact) mass is 392 g/mol. The number of allylic oxidation sites excluding steroid dienone is 2. The lowest BCUT2D eigenvalue weighted by molar-refractivity contribution is -0.134. The summed E-state index contributed by atoms with van der Waals surface area (Å²) in [5.41, 5.74) is 3.75. The molecule has 1 aromatic carbocycles. The van der Waals surface area contributed by atoms with Crippen molar-refractivity contribution in [3.63, 3.8) is 0 Å². The molecule has 0 bridgehead atoms. The second-order valence-corrected chi connectivity index (χ2v) is 8.73. The molecule has 27 heavy (non-hydrogen) atoms. The van der Waals surface area contributed by atoms with E-state index in [9.17, 15) is 13.2 Å². The van der Waals surface area contributed by atoms with Crippen molar-refractivity contribution in [2.24, 2.45) is 0 Å². The number of hydrogen-bond acceptors (Lipinski definition) is 5. The summed E-state index contributed by atoms with van der Waals surface area (Å²) >= 11 is 0. The Kier molecular flexibility index (Phi) is 7.91. The molecule has 0 spiro atoms. The number of aliphatic carboxylic acids is 1. The van der Waals surface area contributed by atoms with Crippen molar-refractivity contribution in [2.75, 3.05) is 18.8 Å². The highest BCUT2D eigenvalue weighted by Crippen LogP contribution is 2.14. The van der Waals surface area contributed by atoms with Gasteiger partial charge in [0.1, 0.15) is 0 Å². The van der Waals surface area contributed by atoms with Crippen LogP contribution in [-0.2, 0) is 14.6 Å². The summed E-state index contributed by atoms with van der Waals surface area (Å²) in [5, 5.41) is 15.3. The minimum atomic E-state index is -3.68. The quantitative estimate of drug-likeness (QED) is 0.713. The van der Waals surface area contributed by atoms with E-state index < -0.39 is 21.6 Å². The van der Waals surface area contributed by atoms with E-state index in [1.165, 1.54) is 49.2 Å². The van der Waals surface area contributed by atoms with Gasteiger partial charge >= 0.3 is 5.97 Å². The van der Waals surface area contributed by atoms with Crippen molar-refractivity contribution in [1.82, 2.24) is 10.6 Å². The van der Waals surface area contributed by atoms with Gasteiger partial charge in [0.05, 0.1) is 4.90 Å². The third kappa shape index (κ3) is 7.46. The van der Waals surface area contributed by atoms with Crippen LogP contribution in [0.4, 0.5) is 0 Å². The van der Waals surface area contributed by atoms with Crippen molar-refractivity contribution >= 4 is 15.8 Å². The Balaban J connectivity index is 0.000000194. The average Bonchev–Trinajstić information content (AvgIpc) is 2.63. The molecule has 6 nitrogen and oxygen atoms in total. The molecule has 0 amide bonds. The Morgan fingerprint density at radius 2 is 1.52 bits per heavy atom. The van der Waals surface area contributed by atoms with E-state index in [1.54, 1.807) is 12.1 Å². The van der Waals surface area contributed by atoms with Crippen LogP contribution in [0.1, 0.15) is 37.7 Å². The highest BCUT2D eigenvalue weighted by atomic mass is 32.2. The second kappa shape index (κ2) is 10.2. The predicted octanol–water partition coefficient (Wildman–Crippen LogP) is 2.76. The lowest BCUT2D eigenvalue weighted by Gasteiger charge is -2.20. The van der Waals surface area contributed by atoms with E-state index in [-0.39, 0.29) is 4.90 Å². The first-order valence-corrected chi connectivity index (χ1v) is 10.9. The number of benzene rings is 1. The Hall–Kier alpha value is -2.28. The number of carboxylic acids is 1. The zero-order valence-electron chi connectivity index (χ0n) is 15.7. The van der Waals surface area contributed by atoms with Crippen LogP contribution in [-0.4, -0.2) is 38.3 Å². The van der Waals surface area contributed by atoms with E-state index >= 15 is 0 Å². The van der Waals surface area contributed by atoms with E-state index in [0.717, 1.165) is 25.1 Å². The van der Waals surface area contributed by atoms with Gasteiger partial charge in [0.25, 0.3) is 0 Å². The zero-order valence-corrected chi connectivity index (χ0v) is 16.5. The largest absolute Gasteiger partial charge is 0.480 e. The molecule has 0 atom stereocenters. The molecule has 148 valence electrons. The first-order chi connectivity index (χ1) is 12.9. The highest BCUT2D eigenvalue weighted by molar-refractivity contribution is 7.92. The Bertz CT molecular complexity index is 772. The molecule has 0 fully saturated rings. The van der Waals surface area contributed by atoms with E-state index in [4.69, 9.17) is 5.11 Å². The fourth-order valence-electron chi connectivity index (χ4n) is 2.86. The molecular formula is C20H28N2O4S. The maximum absolute atomic E-state index is 11.4. The minimum Gasteiger partial charge on any atom is -0.480 e. The van der Waals surface area contributed by atoms with Crippen LogP contribution in [0.5, 0.6) is 0 Å². The van der Waals surface area contributed by atoms with Crippen LogP contribution in [0.3, 0.4) is 0 Å². The van der Waals surface area contributed by atoms with Crippen LogP contribution in [0, 0.1) is 6.92 Å². The standard InChI is InChI=1S/C11H18N2.C9H10O4S/c1-3-7-12-10(5-1)9-11-6-2-4-8-13-11;1-7-2-4-8(5-3-7)14(12,13)6-9(10)11/h5-6,12-13H,1-4,7-9H2;2-5H,6H2,1H3,(H,10,11). The Morgan fingerprint density at radius 1 is 1.00 bits per heavy atom. The van der Waals surface area contributed by atoms with Gasteiger partial charge in [-0.2, -0.15) is 0 Å². The van der Waals surface area contributed by atoms with Crippen LogP contribution < -0.4 is 10.6 Å². The molecule has 7 heteroatoms. The second-order valence-electron chi connectivity index (χ2n) is 6.74. The van der Waals surface area contributed by atoms with Gasteiger partial charge in [0.2, 0.25) is 0 Å². The molecule has 0 radical (unpaired) electrons. The molecule has 0 unspecified atom stereocenters. The molecule has 0 saturated heterocycles. The molecule has 2 aliphatic rings. The summed E-state index contributed by atoms with van der Waals surface area (Å²) in [5.74, 6) is -2.21. The first-order valence-electron chi connectivity index (χ1n) is 9.24. The van der Waals surface area contributed by atoms with Crippen LogP contribution in [0.25, 0.3) is 0 Å². The summed E-state index contributed by atoms with van der Waals surface area (Å²) in [6.07, 6.45) is 10.8. The molecule has 3 rings (SSSR count). The summed E-state index contributed by atoms with van der Waals surface area (Å²) in [6, 6.07) is 6.09. The van der Waals surface area contributed by atoms with E-state index in [0.29, 0.717) is 0 Å². The van der Waals surface area contributed by atoms with Gasteiger partial charge in [-0.25, -0.2) is 8.42 Å². The van der Waals surface area contributed by atoms with Crippen molar-refractivity contribution < 1.29 is 18.3 Å². The lowest BCUT2D eigenvalue weighted by Crippen LogP contribution is -2.24. The summed E-state index contributed by atoms with van der Waals surface area (Å²) < 4.78 is 22.7. The molecule has 0 aromatic heterocycles. The Morgan fingerprint density at radius 3 is 1.93 bits per heavy atom. The number of hydrogen-bond donors (Lipinski definition) is 3. The topological polar surface area (TPSA) is 95.5 Å². The van der Waals surface area contributed by atoms with Gasteiger partial charge in [-0.15, -0.1) is 0 Å². The van der Waals surface area contributed by atoms with Gasteiger partial charge < -0.3 is 15.7 Å². The Labute approximate surface area is 161 Å². The van der Waals surface area contributed by atoms with Crippen molar-refractivity contribution in [3.05, 3.63) is 53.4 Å². The predicted molar refractivity (Wildman–Crippen MR) is 106 cm³/mol. The third-order valence-corrected chi connectivity index (χ3v) is 5.94. The summed E-state index contributed by atoms with van der Waals surface area (Å²) in [4.78, 5) is 10.3. The van der Waals surface area contributed by atoms with Gasteiger partial charge in [-0.1, -0.05) is 29.8 Å². The number of carboxylic acid groups (broad SMARTS) is 1. The molecule has 0 saturated carbocycles. The first kappa shape index (κ1) is 21.0. The molecular weight excluding hydrogens is 364 g/mol. The maximum Gasteiger partial charge on any atom is 0.319 e. The number of aryl methyl sites for hydroxylation is 1. The van der Waals surface area contributed by atoms with Gasteiger partial charge in [-0.05, 0) is 44.7 Å². The number of nitrogens with one attached hydrogen (secondary N) is 2. The minimum absolute atomic E-state index is 0.0468. The van der Waals surface area contributed by atoms with Crippen LogP contribution in [0.2, 0.25) is 0 Å². The molecule has 2 aliphatic heterocycles. The smallest absolute Gasteiger partial charge is 0.319 e. The van der Waals surface area contributed by atoms with Gasteiger partial charge in [0, 0.05) is 30.9 Å². The van der Waals surface area contributed by atoms with Crippen molar-refractivity contribution in [3.8, 4) is 0 Å². The maximum atomic E-state index is 11.4. The molecule has 2 heterocycles. The van der Waals surface area contributed by atoms with E-state index in [1.807, 2.05) is 6.92 Å². The fraction of sp³-hybridized carbons (Fsp3) is 0.450. The fourth-order valence-corrected chi connectivity index (χ4v) is 3.91. The molecule has 0 aliphatic carbocycles. The number of rotatable bonds is 5. The van der Waals surface area contributed by atoms with E-state index in [2.05, 4.69) is 22.8 Å². The third-order valence-electron chi connectivity index (χ3n) is 4.32. The van der Waals surface area contributed by atoms with Gasteiger partial charge in [-0.3, -0.25) is 4.79 Å². The van der Waals surface area contributed by atoms with Crippen molar-refractivity contribution in [1.29, 1.82) is 0 Å². The summed E-state index contributed by atoms with van der Waals surface area (Å²) in [6.45, 7) is 4.13. The zero-order chi connectivity index (χ0) is 19.7. The summed E-state index contributed by atoms with van der Waals surface area (Å²) in [7, 11) is -3.68. The van der Waals surface area contributed by atoms with Crippen molar-refractivity contribution in [2.45, 2.75) is 43.9 Å². The van der Waals surface area contributed by atoms with Crippen LogP contribution >= 0.6 is 0 Å². The molecule has 3 N–H and O–H groups in total. The highest BCUT2D eigenvalue weighted by Gasteiger charge is 2.18.